The van der Waals surface area contributed by atoms with E-state index in [0.717, 1.165) is 6.42 Å². The van der Waals surface area contributed by atoms with Crippen LogP contribution in [0, 0.1) is 29.4 Å². The van der Waals surface area contributed by atoms with Crippen molar-refractivity contribution in [1.29, 1.82) is 0 Å². The van der Waals surface area contributed by atoms with Crippen molar-refractivity contribution in [2.45, 2.75) is 33.6 Å². The minimum Gasteiger partial charge on any atom is -0.464 e. The molecule has 0 amide bonds. The van der Waals surface area contributed by atoms with E-state index in [1.54, 1.807) is 0 Å². The molecular formula is C12H15FO2. The maximum atomic E-state index is 11.4. The van der Waals surface area contributed by atoms with E-state index in [4.69, 9.17) is 4.74 Å². The minimum absolute atomic E-state index is 0.225. The number of carbonyl (C=O) groups is 1. The molecule has 82 valence electrons. The van der Waals surface area contributed by atoms with Gasteiger partial charge in [-0.1, -0.05) is 12.8 Å². The molecule has 0 aliphatic heterocycles. The van der Waals surface area contributed by atoms with Crippen LogP contribution >= 0.6 is 0 Å². The number of hydrogen-bond acceptors (Lipinski definition) is 2. The van der Waals surface area contributed by atoms with Gasteiger partial charge in [-0.2, -0.15) is 0 Å². The average molecular weight is 210 g/mol. The number of halogens is 1. The molecule has 0 aliphatic carbocycles. The third kappa shape index (κ3) is 5.75. The lowest BCUT2D eigenvalue weighted by atomic mass is 9.91. The first-order chi connectivity index (χ1) is 7.04. The van der Waals surface area contributed by atoms with E-state index in [-0.39, 0.29) is 12.6 Å². The molecule has 3 heteroatoms. The van der Waals surface area contributed by atoms with Gasteiger partial charge in [0.2, 0.25) is 0 Å². The van der Waals surface area contributed by atoms with Gasteiger partial charge in [0.15, 0.2) is 0 Å². The van der Waals surface area contributed by atoms with Crippen LogP contribution in [-0.2, 0) is 9.53 Å². The summed E-state index contributed by atoms with van der Waals surface area (Å²) in [6.45, 7) is 5.81. The topological polar surface area (TPSA) is 26.3 Å². The molecule has 0 rings (SSSR count). The van der Waals surface area contributed by atoms with Gasteiger partial charge in [0.25, 0.3) is 0 Å². The molecule has 0 unspecified atom stereocenters. The number of carbonyl (C=O) groups excluding carboxylic acids is 1. The van der Waals surface area contributed by atoms with Gasteiger partial charge in [-0.05, 0) is 26.2 Å². The first-order valence-electron chi connectivity index (χ1n) is 4.80. The summed E-state index contributed by atoms with van der Waals surface area (Å²) in [5.74, 6) is 6.58. The Morgan fingerprint density at radius 2 is 2.07 bits per heavy atom. The standard InChI is InChI=1S/C12H15FO2/c1-4-12(2,3)11(14)15-10-8-6-5-7-9-13/h4,8,10H2,1-3H3. The lowest BCUT2D eigenvalue weighted by Crippen LogP contribution is -2.25. The average Bonchev–Trinajstić information content (AvgIpc) is 2.22. The molecule has 0 aromatic carbocycles. The first-order valence-corrected chi connectivity index (χ1v) is 4.80. The predicted octanol–water partition coefficient (Wildman–Crippen LogP) is 2.29. The molecule has 0 atom stereocenters. The van der Waals surface area contributed by atoms with Gasteiger partial charge in [-0.25, -0.2) is 0 Å². The Labute approximate surface area is 90.2 Å². The van der Waals surface area contributed by atoms with Crippen LogP contribution in [0.5, 0.6) is 0 Å². The van der Waals surface area contributed by atoms with E-state index in [0.29, 0.717) is 6.42 Å². The quantitative estimate of drug-likeness (QED) is 0.404. The number of ether oxygens (including phenoxy) is 1. The second-order valence-corrected chi connectivity index (χ2v) is 3.64. The number of rotatable bonds is 4. The molecule has 0 radical (unpaired) electrons. The molecule has 0 saturated heterocycles. The predicted molar refractivity (Wildman–Crippen MR) is 56.3 cm³/mol. The Morgan fingerprint density at radius 3 is 2.60 bits per heavy atom. The Balaban J connectivity index is 3.83. The smallest absolute Gasteiger partial charge is 0.311 e. The largest absolute Gasteiger partial charge is 0.464 e. The second kappa shape index (κ2) is 6.90. The summed E-state index contributed by atoms with van der Waals surface area (Å²) in [6, 6.07) is 0. The second-order valence-electron chi connectivity index (χ2n) is 3.64. The van der Waals surface area contributed by atoms with Crippen molar-refractivity contribution in [1.82, 2.24) is 0 Å². The fraction of sp³-hybridized carbons (Fsp3) is 0.583. The summed E-state index contributed by atoms with van der Waals surface area (Å²) < 4.78 is 16.3. The maximum absolute atomic E-state index is 11.4. The van der Waals surface area contributed by atoms with Gasteiger partial charge in [0.05, 0.1) is 5.41 Å². The van der Waals surface area contributed by atoms with Crippen LogP contribution in [0.4, 0.5) is 4.39 Å². The molecule has 0 fully saturated rings. The summed E-state index contributed by atoms with van der Waals surface area (Å²) in [4.78, 5) is 11.4. The molecule has 0 spiro atoms. The first kappa shape index (κ1) is 13.5. The highest BCUT2D eigenvalue weighted by Gasteiger charge is 2.26. The van der Waals surface area contributed by atoms with Gasteiger partial charge in [-0.3, -0.25) is 4.79 Å². The third-order valence-electron chi connectivity index (χ3n) is 2.09. The molecule has 0 saturated carbocycles. The van der Waals surface area contributed by atoms with Crippen LogP contribution in [0.2, 0.25) is 0 Å². The fourth-order valence-corrected chi connectivity index (χ4v) is 0.665. The lowest BCUT2D eigenvalue weighted by molar-refractivity contribution is -0.153. The molecule has 0 heterocycles. The van der Waals surface area contributed by atoms with Crippen LogP contribution in [0.15, 0.2) is 0 Å². The van der Waals surface area contributed by atoms with E-state index in [2.05, 4.69) is 11.8 Å². The van der Waals surface area contributed by atoms with Gasteiger partial charge in [0.1, 0.15) is 12.8 Å². The number of hydrogen-bond donors (Lipinski definition) is 0. The Bertz CT molecular complexity index is 323. The maximum Gasteiger partial charge on any atom is 0.311 e. The van der Waals surface area contributed by atoms with E-state index < -0.39 is 5.41 Å². The van der Waals surface area contributed by atoms with Crippen molar-refractivity contribution < 1.29 is 13.9 Å². The summed E-state index contributed by atoms with van der Waals surface area (Å²) >= 11 is 0. The van der Waals surface area contributed by atoms with Gasteiger partial charge in [0, 0.05) is 12.3 Å². The van der Waals surface area contributed by atoms with Crippen LogP contribution < -0.4 is 0 Å². The van der Waals surface area contributed by atoms with Gasteiger partial charge in [-0.15, -0.1) is 4.39 Å². The SMILES string of the molecule is CCC(C)(C)C(=O)OCCC#CC#CF. The molecule has 2 nitrogen and oxygen atoms in total. The summed E-state index contributed by atoms with van der Waals surface area (Å²) in [7, 11) is 0. The molecule has 0 aromatic heterocycles. The van der Waals surface area contributed by atoms with Gasteiger partial charge < -0.3 is 4.74 Å². The lowest BCUT2D eigenvalue weighted by Gasteiger charge is -2.19. The zero-order valence-corrected chi connectivity index (χ0v) is 9.32. The van der Waals surface area contributed by atoms with Crippen molar-refractivity contribution in [3.05, 3.63) is 0 Å². The molecular weight excluding hydrogens is 195 g/mol. The zero-order valence-electron chi connectivity index (χ0n) is 9.32. The highest BCUT2D eigenvalue weighted by Crippen LogP contribution is 2.21. The van der Waals surface area contributed by atoms with Crippen LogP contribution in [0.25, 0.3) is 0 Å². The fourth-order valence-electron chi connectivity index (χ4n) is 0.665. The van der Waals surface area contributed by atoms with E-state index >= 15 is 0 Å². The van der Waals surface area contributed by atoms with Crippen LogP contribution in [-0.4, -0.2) is 12.6 Å². The van der Waals surface area contributed by atoms with Crippen molar-refractivity contribution in [2.24, 2.45) is 5.41 Å². The molecule has 0 aromatic rings. The Kier molecular flexibility index (Phi) is 6.22. The third-order valence-corrected chi connectivity index (χ3v) is 2.09. The van der Waals surface area contributed by atoms with Crippen LogP contribution in [0.1, 0.15) is 33.6 Å². The van der Waals surface area contributed by atoms with Crippen molar-refractivity contribution in [3.63, 3.8) is 0 Å². The molecule has 0 bridgehead atoms. The van der Waals surface area contributed by atoms with E-state index in [1.807, 2.05) is 26.7 Å². The molecule has 0 aliphatic rings. The van der Waals surface area contributed by atoms with Gasteiger partial charge >= 0.3 is 5.97 Å². The van der Waals surface area contributed by atoms with Crippen molar-refractivity contribution in [3.8, 4) is 23.9 Å². The highest BCUT2D eigenvalue weighted by atomic mass is 19.1. The van der Waals surface area contributed by atoms with Crippen molar-refractivity contribution >= 4 is 5.97 Å². The zero-order chi connectivity index (χ0) is 11.7. The summed E-state index contributed by atoms with van der Waals surface area (Å²) in [6.07, 6.45) is 2.27. The normalized spacial score (nSPS) is 9.33. The minimum atomic E-state index is -0.452. The van der Waals surface area contributed by atoms with Crippen LogP contribution in [0.3, 0.4) is 0 Å². The Hall–Kier alpha value is -1.48. The van der Waals surface area contributed by atoms with E-state index in [1.165, 1.54) is 6.17 Å². The monoisotopic (exact) mass is 210 g/mol. The van der Waals surface area contributed by atoms with E-state index in [9.17, 15) is 9.18 Å². The Morgan fingerprint density at radius 1 is 1.40 bits per heavy atom. The summed E-state index contributed by atoms with van der Waals surface area (Å²) in [5.41, 5.74) is -0.452. The molecule has 0 N–H and O–H groups in total. The molecule has 15 heavy (non-hydrogen) atoms. The van der Waals surface area contributed by atoms with Crippen molar-refractivity contribution in [2.75, 3.05) is 6.61 Å². The summed E-state index contributed by atoms with van der Waals surface area (Å²) in [5, 5.41) is 0. The highest BCUT2D eigenvalue weighted by molar-refractivity contribution is 5.75. The number of esters is 1.